The van der Waals surface area contributed by atoms with Gasteiger partial charge in [-0.25, -0.2) is 4.79 Å². The van der Waals surface area contributed by atoms with Crippen LogP contribution in [0.5, 0.6) is 5.75 Å². The van der Waals surface area contributed by atoms with E-state index >= 15 is 0 Å². The van der Waals surface area contributed by atoms with Crippen molar-refractivity contribution in [2.24, 2.45) is 0 Å². The topological polar surface area (TPSA) is 70.8 Å². The van der Waals surface area contributed by atoms with E-state index in [0.717, 1.165) is 0 Å². The molecule has 0 radical (unpaired) electrons. The first-order valence-electron chi connectivity index (χ1n) is 6.36. The summed E-state index contributed by atoms with van der Waals surface area (Å²) in [5, 5.41) is 0. The lowest BCUT2D eigenvalue weighted by Crippen LogP contribution is -2.15. The van der Waals surface area contributed by atoms with E-state index in [0.29, 0.717) is 24.7 Å². The minimum Gasteiger partial charge on any atom is -0.493 e. The number of hydrogen-bond acceptors (Lipinski definition) is 5. The van der Waals surface area contributed by atoms with Crippen molar-refractivity contribution in [3.63, 3.8) is 0 Å². The van der Waals surface area contributed by atoms with Crippen LogP contribution in [-0.2, 0) is 9.47 Å². The Morgan fingerprint density at radius 2 is 2.05 bits per heavy atom. The summed E-state index contributed by atoms with van der Waals surface area (Å²) in [6.45, 7) is 6.69. The Kier molecular flexibility index (Phi) is 6.15. The molecule has 0 atom stereocenters. The number of ether oxygens (including phenoxy) is 3. The number of carbonyl (C=O) groups is 1. The van der Waals surface area contributed by atoms with Gasteiger partial charge in [0.25, 0.3) is 0 Å². The van der Waals surface area contributed by atoms with Crippen molar-refractivity contribution in [1.29, 1.82) is 0 Å². The molecule has 0 heterocycles. The van der Waals surface area contributed by atoms with Gasteiger partial charge in [0.2, 0.25) is 0 Å². The maximum Gasteiger partial charge on any atom is 0.344 e. The number of nitrogen functional groups attached to an aromatic ring is 1. The minimum absolute atomic E-state index is 0.111. The van der Waals surface area contributed by atoms with Gasteiger partial charge in [0, 0.05) is 5.69 Å². The quantitative estimate of drug-likeness (QED) is 0.466. The number of hydrogen-bond donors (Lipinski definition) is 1. The summed E-state index contributed by atoms with van der Waals surface area (Å²) in [6, 6.07) is 5.07. The fourth-order valence-electron chi connectivity index (χ4n) is 1.53. The summed E-state index contributed by atoms with van der Waals surface area (Å²) < 4.78 is 15.8. The smallest absolute Gasteiger partial charge is 0.344 e. The molecule has 1 aromatic rings. The zero-order chi connectivity index (χ0) is 14.3. The highest BCUT2D eigenvalue weighted by molar-refractivity contribution is 5.98. The van der Waals surface area contributed by atoms with Gasteiger partial charge in [0.05, 0.1) is 19.3 Å². The third kappa shape index (κ3) is 4.79. The van der Waals surface area contributed by atoms with Crippen LogP contribution in [0.15, 0.2) is 18.2 Å². The van der Waals surface area contributed by atoms with Gasteiger partial charge >= 0.3 is 5.97 Å². The molecule has 0 saturated carbocycles. The van der Waals surface area contributed by atoms with Gasteiger partial charge in [-0.05, 0) is 32.9 Å². The number of anilines is 1. The summed E-state index contributed by atoms with van der Waals surface area (Å²) in [6.07, 6.45) is 0.111. The average Bonchev–Trinajstić information content (AvgIpc) is 2.35. The summed E-state index contributed by atoms with van der Waals surface area (Å²) in [5.74, 6) is -0.0498. The first-order valence-corrected chi connectivity index (χ1v) is 6.36. The number of rotatable bonds is 7. The summed E-state index contributed by atoms with van der Waals surface area (Å²) >= 11 is 0. The number of benzene rings is 1. The van der Waals surface area contributed by atoms with Gasteiger partial charge in [-0.15, -0.1) is 0 Å². The van der Waals surface area contributed by atoms with Crippen molar-refractivity contribution in [3.05, 3.63) is 23.8 Å². The van der Waals surface area contributed by atoms with E-state index in [1.807, 2.05) is 20.8 Å². The molecule has 5 heteroatoms. The van der Waals surface area contributed by atoms with Crippen LogP contribution in [0.1, 0.15) is 31.1 Å². The Morgan fingerprint density at radius 3 is 2.68 bits per heavy atom. The second kappa shape index (κ2) is 7.63. The molecule has 106 valence electrons. The van der Waals surface area contributed by atoms with E-state index in [1.54, 1.807) is 18.2 Å². The Hall–Kier alpha value is -1.75. The molecule has 0 fully saturated rings. The van der Waals surface area contributed by atoms with Crippen LogP contribution >= 0.6 is 0 Å². The van der Waals surface area contributed by atoms with Crippen LogP contribution in [0.4, 0.5) is 5.69 Å². The summed E-state index contributed by atoms with van der Waals surface area (Å²) in [7, 11) is 0. The maximum atomic E-state index is 12.0. The maximum absolute atomic E-state index is 12.0. The molecule has 0 saturated heterocycles. The lowest BCUT2D eigenvalue weighted by Gasteiger charge is -2.12. The highest BCUT2D eigenvalue weighted by Gasteiger charge is 2.17. The molecule has 0 aromatic heterocycles. The van der Waals surface area contributed by atoms with Gasteiger partial charge < -0.3 is 19.9 Å². The molecule has 0 bridgehead atoms. The summed E-state index contributed by atoms with van der Waals surface area (Å²) in [4.78, 5) is 12.0. The Labute approximate surface area is 113 Å². The molecule has 0 aliphatic heterocycles. The van der Waals surface area contributed by atoms with E-state index in [2.05, 4.69) is 0 Å². The molecule has 1 rings (SSSR count). The number of nitrogens with two attached hydrogens (primary N) is 1. The normalized spacial score (nSPS) is 10.5. The zero-order valence-electron chi connectivity index (χ0n) is 11.6. The van der Waals surface area contributed by atoms with Crippen molar-refractivity contribution < 1.29 is 19.0 Å². The minimum atomic E-state index is -0.492. The largest absolute Gasteiger partial charge is 0.493 e. The number of esters is 1. The van der Waals surface area contributed by atoms with E-state index in [9.17, 15) is 4.79 Å². The highest BCUT2D eigenvalue weighted by Crippen LogP contribution is 2.25. The molecule has 2 N–H and O–H groups in total. The van der Waals surface area contributed by atoms with Crippen LogP contribution in [-0.4, -0.2) is 31.9 Å². The number of carbonyl (C=O) groups excluding carboxylic acids is 1. The predicted molar refractivity (Wildman–Crippen MR) is 73.4 cm³/mol. The second-order valence-electron chi connectivity index (χ2n) is 4.21. The molecule has 0 amide bonds. The molecule has 0 aliphatic carbocycles. The highest BCUT2D eigenvalue weighted by atomic mass is 16.6. The Morgan fingerprint density at radius 1 is 1.32 bits per heavy atom. The molecule has 0 aliphatic rings. The van der Waals surface area contributed by atoms with E-state index in [4.69, 9.17) is 19.9 Å². The van der Waals surface area contributed by atoms with Crippen molar-refractivity contribution in [2.75, 3.05) is 25.6 Å². The fourth-order valence-corrected chi connectivity index (χ4v) is 1.53. The third-order valence-corrected chi connectivity index (χ3v) is 2.33. The molecular weight excluding hydrogens is 246 g/mol. The molecular formula is C14H21NO4. The van der Waals surface area contributed by atoms with Gasteiger partial charge in [-0.1, -0.05) is 6.07 Å². The zero-order valence-corrected chi connectivity index (χ0v) is 11.6. The van der Waals surface area contributed by atoms with E-state index in [1.165, 1.54) is 0 Å². The Bertz CT molecular complexity index is 418. The van der Waals surface area contributed by atoms with Crippen LogP contribution in [0.3, 0.4) is 0 Å². The predicted octanol–water partition coefficient (Wildman–Crippen LogP) is 2.25. The molecule has 0 unspecified atom stereocenters. The first kappa shape index (κ1) is 15.3. The molecule has 1 aromatic carbocycles. The van der Waals surface area contributed by atoms with E-state index in [-0.39, 0.29) is 18.3 Å². The van der Waals surface area contributed by atoms with E-state index < -0.39 is 5.97 Å². The van der Waals surface area contributed by atoms with Crippen molar-refractivity contribution >= 4 is 11.7 Å². The van der Waals surface area contributed by atoms with Crippen molar-refractivity contribution in [1.82, 2.24) is 0 Å². The second-order valence-corrected chi connectivity index (χ2v) is 4.21. The SMILES string of the molecule is CCOc1cccc(N)c1C(=O)OCCOC(C)C. The molecule has 19 heavy (non-hydrogen) atoms. The standard InChI is InChI=1S/C14H21NO4/c1-4-17-12-7-5-6-11(15)13(12)14(16)19-9-8-18-10(2)3/h5-7,10H,4,8-9,15H2,1-3H3. The third-order valence-electron chi connectivity index (χ3n) is 2.33. The van der Waals surface area contributed by atoms with Crippen molar-refractivity contribution in [2.45, 2.75) is 26.9 Å². The van der Waals surface area contributed by atoms with Crippen LogP contribution in [0.25, 0.3) is 0 Å². The van der Waals surface area contributed by atoms with Crippen LogP contribution < -0.4 is 10.5 Å². The summed E-state index contributed by atoms with van der Waals surface area (Å²) in [5.41, 5.74) is 6.41. The average molecular weight is 267 g/mol. The van der Waals surface area contributed by atoms with Crippen LogP contribution in [0.2, 0.25) is 0 Å². The van der Waals surface area contributed by atoms with Gasteiger partial charge in [0.15, 0.2) is 0 Å². The Balaban J connectivity index is 2.65. The monoisotopic (exact) mass is 267 g/mol. The van der Waals surface area contributed by atoms with Gasteiger partial charge in [-0.2, -0.15) is 0 Å². The van der Waals surface area contributed by atoms with Crippen molar-refractivity contribution in [3.8, 4) is 5.75 Å². The lowest BCUT2D eigenvalue weighted by molar-refractivity contribution is 0.0175. The van der Waals surface area contributed by atoms with Crippen LogP contribution in [0, 0.1) is 0 Å². The fraction of sp³-hybridized carbons (Fsp3) is 0.500. The van der Waals surface area contributed by atoms with Gasteiger partial charge in [-0.3, -0.25) is 0 Å². The first-order chi connectivity index (χ1) is 9.06. The lowest BCUT2D eigenvalue weighted by atomic mass is 10.1. The molecule has 5 nitrogen and oxygen atoms in total. The molecule has 0 spiro atoms. The van der Waals surface area contributed by atoms with Gasteiger partial charge in [0.1, 0.15) is 17.9 Å².